The van der Waals surface area contributed by atoms with Crippen LogP contribution in [0.15, 0.2) is 28.9 Å². The van der Waals surface area contributed by atoms with Gasteiger partial charge in [-0.2, -0.15) is 5.26 Å². The molecule has 2 heterocycles. The van der Waals surface area contributed by atoms with E-state index < -0.39 is 0 Å². The maximum atomic E-state index is 12.0. The molecular weight excluding hydrogens is 390 g/mol. The summed E-state index contributed by atoms with van der Waals surface area (Å²) >= 11 is 6.82. The fourth-order valence-corrected chi connectivity index (χ4v) is 4.91. The second-order valence-corrected chi connectivity index (χ2v) is 9.43. The number of thiocarbonyl (C=S) groups is 1. The van der Waals surface area contributed by atoms with E-state index in [-0.39, 0.29) is 16.4 Å². The summed E-state index contributed by atoms with van der Waals surface area (Å²) in [5, 5.41) is 16.2. The molecule has 5 nitrogen and oxygen atoms in total. The molecule has 0 spiro atoms. The zero-order valence-electron chi connectivity index (χ0n) is 16.2. The van der Waals surface area contributed by atoms with Crippen LogP contribution in [0.4, 0.5) is 5.00 Å². The predicted molar refractivity (Wildman–Crippen MR) is 116 cm³/mol. The van der Waals surface area contributed by atoms with Crippen molar-refractivity contribution in [1.82, 2.24) is 5.32 Å². The molecule has 0 fully saturated rings. The first-order chi connectivity index (χ1) is 13.3. The number of thiophene rings is 1. The largest absolute Gasteiger partial charge is 0.465 e. The average molecular weight is 414 g/mol. The smallest absolute Gasteiger partial charge is 0.250 e. The number of carbonyl (C=O) groups excluding carboxylic acids is 1. The highest BCUT2D eigenvalue weighted by Gasteiger charge is 2.32. The van der Waals surface area contributed by atoms with Crippen LogP contribution in [0.5, 0.6) is 0 Å². The normalized spacial score (nSPS) is 16.4. The molecule has 0 aliphatic heterocycles. The minimum atomic E-state index is -0.360. The third-order valence-corrected chi connectivity index (χ3v) is 6.38. The van der Waals surface area contributed by atoms with Gasteiger partial charge >= 0.3 is 0 Å². The zero-order valence-corrected chi connectivity index (χ0v) is 17.8. The van der Waals surface area contributed by atoms with Crippen LogP contribution in [0.3, 0.4) is 0 Å². The van der Waals surface area contributed by atoms with Gasteiger partial charge in [0.25, 0.3) is 0 Å². The van der Waals surface area contributed by atoms with Gasteiger partial charge in [0.2, 0.25) is 5.91 Å². The number of amides is 1. The fraction of sp³-hybridized carbons (Fsp3) is 0.381. The molecule has 2 aromatic heterocycles. The number of hydrogen-bond donors (Lipinski definition) is 2. The Bertz CT molecular complexity index is 944. The maximum absolute atomic E-state index is 12.0. The lowest BCUT2D eigenvalue weighted by Crippen LogP contribution is -2.32. The third kappa shape index (κ3) is 4.70. The summed E-state index contributed by atoms with van der Waals surface area (Å²) in [5.74, 6) is 0.818. The van der Waals surface area contributed by atoms with Gasteiger partial charge < -0.3 is 9.73 Å². The summed E-state index contributed by atoms with van der Waals surface area (Å²) < 4.78 is 5.14. The number of nitriles is 1. The number of nitrogens with zero attached hydrogens (tertiary/aromatic N) is 1. The van der Waals surface area contributed by atoms with Gasteiger partial charge in [-0.1, -0.05) is 20.8 Å². The Kier molecular flexibility index (Phi) is 6.01. The van der Waals surface area contributed by atoms with E-state index in [0.717, 1.165) is 24.8 Å². The van der Waals surface area contributed by atoms with E-state index in [4.69, 9.17) is 16.6 Å². The van der Waals surface area contributed by atoms with E-state index in [0.29, 0.717) is 22.2 Å². The lowest BCUT2D eigenvalue weighted by molar-refractivity contribution is -0.115. The van der Waals surface area contributed by atoms with Crippen LogP contribution in [0, 0.1) is 22.7 Å². The van der Waals surface area contributed by atoms with Crippen LogP contribution in [0.2, 0.25) is 0 Å². The first-order valence-corrected chi connectivity index (χ1v) is 10.4. The Hall–Kier alpha value is -2.43. The lowest BCUT2D eigenvalue weighted by atomic mass is 9.72. The zero-order chi connectivity index (χ0) is 20.3. The molecule has 0 aromatic carbocycles. The molecule has 2 N–H and O–H groups in total. The van der Waals surface area contributed by atoms with Gasteiger partial charge in [0.1, 0.15) is 16.8 Å². The standard InChI is InChI=1S/C21H23N3O2S2/c1-21(2,3)13-6-8-15-16(12-22)19(28-17(15)11-13)24-20(27)23-18(25)9-7-14-5-4-10-26-14/h4-5,7,9-10,13H,6,8,11H2,1-3H3,(H2,23,24,25,27)/b9-7+/t13-/m1/s1. The summed E-state index contributed by atoms with van der Waals surface area (Å²) in [5.41, 5.74) is 2.02. The number of furan rings is 1. The van der Waals surface area contributed by atoms with Crippen LogP contribution in [-0.4, -0.2) is 11.0 Å². The molecule has 1 aliphatic rings. The Balaban J connectivity index is 1.67. The molecule has 0 radical (unpaired) electrons. The second kappa shape index (κ2) is 8.29. The maximum Gasteiger partial charge on any atom is 0.250 e. The summed E-state index contributed by atoms with van der Waals surface area (Å²) in [4.78, 5) is 13.3. The van der Waals surface area contributed by atoms with Crippen LogP contribution in [-0.2, 0) is 17.6 Å². The van der Waals surface area contributed by atoms with Crippen molar-refractivity contribution < 1.29 is 9.21 Å². The Labute approximate surface area is 174 Å². The van der Waals surface area contributed by atoms with Crippen LogP contribution >= 0.6 is 23.6 Å². The molecule has 7 heteroatoms. The summed E-state index contributed by atoms with van der Waals surface area (Å²) in [7, 11) is 0. The summed E-state index contributed by atoms with van der Waals surface area (Å²) in [6.45, 7) is 6.80. The van der Waals surface area contributed by atoms with Crippen LogP contribution < -0.4 is 10.6 Å². The van der Waals surface area contributed by atoms with Gasteiger partial charge in [0, 0.05) is 11.0 Å². The van der Waals surface area contributed by atoms with Gasteiger partial charge in [-0.15, -0.1) is 11.3 Å². The monoisotopic (exact) mass is 413 g/mol. The van der Waals surface area contributed by atoms with E-state index in [2.05, 4.69) is 37.5 Å². The molecule has 1 amide bonds. The van der Waals surface area contributed by atoms with E-state index in [9.17, 15) is 10.1 Å². The van der Waals surface area contributed by atoms with Crippen molar-refractivity contribution in [1.29, 1.82) is 5.26 Å². The molecule has 2 aromatic rings. The molecule has 3 rings (SSSR count). The quantitative estimate of drug-likeness (QED) is 0.553. The second-order valence-electron chi connectivity index (χ2n) is 7.92. The Morgan fingerprint density at radius 2 is 2.25 bits per heavy atom. The first-order valence-electron chi connectivity index (χ1n) is 9.16. The van der Waals surface area contributed by atoms with Gasteiger partial charge in [-0.05, 0) is 66.6 Å². The van der Waals surface area contributed by atoms with Crippen molar-refractivity contribution in [3.8, 4) is 6.07 Å². The predicted octanol–water partition coefficient (Wildman–Crippen LogP) is 4.89. The Morgan fingerprint density at radius 1 is 1.46 bits per heavy atom. The third-order valence-electron chi connectivity index (χ3n) is 5.01. The van der Waals surface area contributed by atoms with Crippen molar-refractivity contribution in [2.75, 3.05) is 5.32 Å². The highest BCUT2D eigenvalue weighted by molar-refractivity contribution is 7.80. The van der Waals surface area contributed by atoms with Crippen LogP contribution in [0.25, 0.3) is 6.08 Å². The van der Waals surface area contributed by atoms with Crippen molar-refractivity contribution in [2.45, 2.75) is 40.0 Å². The van der Waals surface area contributed by atoms with E-state index >= 15 is 0 Å². The molecule has 0 saturated heterocycles. The molecule has 1 aliphatic carbocycles. The number of carbonyl (C=O) groups is 1. The van der Waals surface area contributed by atoms with Crippen molar-refractivity contribution in [3.05, 3.63) is 46.2 Å². The number of hydrogen-bond acceptors (Lipinski definition) is 5. The molecule has 28 heavy (non-hydrogen) atoms. The molecular formula is C21H23N3O2S2. The van der Waals surface area contributed by atoms with Gasteiger partial charge in [-0.3, -0.25) is 10.1 Å². The highest BCUT2D eigenvalue weighted by Crippen LogP contribution is 2.43. The minimum absolute atomic E-state index is 0.177. The fourth-order valence-electron chi connectivity index (χ4n) is 3.36. The molecule has 1 atom stereocenters. The van der Waals surface area contributed by atoms with Gasteiger partial charge in [-0.25, -0.2) is 0 Å². The van der Waals surface area contributed by atoms with Crippen molar-refractivity contribution in [2.24, 2.45) is 11.3 Å². The highest BCUT2D eigenvalue weighted by atomic mass is 32.1. The first kappa shape index (κ1) is 20.3. The molecule has 146 valence electrons. The average Bonchev–Trinajstić information content (AvgIpc) is 3.25. The minimum Gasteiger partial charge on any atom is -0.465 e. The number of nitrogens with one attached hydrogen (secondary N) is 2. The van der Waals surface area contributed by atoms with Gasteiger partial charge in [0.15, 0.2) is 5.11 Å². The molecule has 0 saturated carbocycles. The van der Waals surface area contributed by atoms with Crippen molar-refractivity contribution in [3.63, 3.8) is 0 Å². The SMILES string of the molecule is CC(C)(C)[C@@H]1CCc2c(sc(NC(=S)NC(=O)/C=C/c3ccco3)c2C#N)C1. The Morgan fingerprint density at radius 3 is 2.89 bits per heavy atom. The van der Waals surface area contributed by atoms with Crippen LogP contribution in [0.1, 0.15) is 49.0 Å². The number of rotatable bonds is 3. The van der Waals surface area contributed by atoms with Gasteiger partial charge in [0.05, 0.1) is 11.8 Å². The van der Waals surface area contributed by atoms with E-state index in [1.807, 2.05) is 0 Å². The number of anilines is 1. The van der Waals surface area contributed by atoms with E-state index in [1.165, 1.54) is 17.2 Å². The van der Waals surface area contributed by atoms with E-state index in [1.54, 1.807) is 29.5 Å². The molecule has 0 unspecified atom stereocenters. The number of fused-ring (bicyclic) bond motifs is 1. The summed E-state index contributed by atoms with van der Waals surface area (Å²) in [6, 6.07) is 5.81. The molecule has 0 bridgehead atoms. The topological polar surface area (TPSA) is 78.1 Å². The van der Waals surface area contributed by atoms with Crippen molar-refractivity contribution >= 4 is 45.7 Å². The summed E-state index contributed by atoms with van der Waals surface area (Å²) in [6.07, 6.45) is 7.42. The lowest BCUT2D eigenvalue weighted by Gasteiger charge is -2.33.